The maximum absolute atomic E-state index is 13.0. The third kappa shape index (κ3) is 3.79. The maximum atomic E-state index is 13.0. The summed E-state index contributed by atoms with van der Waals surface area (Å²) in [7, 11) is 0. The molecule has 8 heteroatoms. The number of aryl methyl sites for hydroxylation is 1. The molecule has 0 spiro atoms. The number of nitrogens with zero attached hydrogens (tertiary/aromatic N) is 4. The van der Waals surface area contributed by atoms with Crippen LogP contribution in [0.2, 0.25) is 0 Å². The molecule has 0 saturated heterocycles. The lowest BCUT2D eigenvalue weighted by Gasteiger charge is -2.11. The van der Waals surface area contributed by atoms with E-state index in [0.29, 0.717) is 33.4 Å². The number of aromatic nitrogens is 4. The van der Waals surface area contributed by atoms with Crippen LogP contribution in [0.1, 0.15) is 11.3 Å². The maximum Gasteiger partial charge on any atom is 0.416 e. The standard InChI is InChI=1S/C17H13F3N4S/c1-10-8-13(14-6-7-21-16(22-14)25-2)15(24-23-10)11-4-3-5-12(9-11)17(18,19)20/h3-9H,1-2H3. The lowest BCUT2D eigenvalue weighted by Crippen LogP contribution is -2.05. The van der Waals surface area contributed by atoms with Crippen molar-refractivity contribution in [2.45, 2.75) is 18.3 Å². The van der Waals surface area contributed by atoms with Gasteiger partial charge in [-0.2, -0.15) is 18.3 Å². The molecule has 1 aromatic carbocycles. The third-order valence-electron chi connectivity index (χ3n) is 3.47. The normalized spacial score (nSPS) is 11.6. The molecule has 0 fully saturated rings. The predicted octanol–water partition coefficient (Wildman–Crippen LogP) is 4.65. The van der Waals surface area contributed by atoms with E-state index >= 15 is 0 Å². The van der Waals surface area contributed by atoms with Gasteiger partial charge in [-0.05, 0) is 37.4 Å². The Hall–Kier alpha value is -2.48. The van der Waals surface area contributed by atoms with Crippen LogP contribution in [0.15, 0.2) is 47.8 Å². The quantitative estimate of drug-likeness (QED) is 0.501. The summed E-state index contributed by atoms with van der Waals surface area (Å²) >= 11 is 1.38. The number of hydrogen-bond donors (Lipinski definition) is 0. The topological polar surface area (TPSA) is 51.6 Å². The molecule has 0 unspecified atom stereocenters. The molecule has 0 amide bonds. The van der Waals surface area contributed by atoms with E-state index in [9.17, 15) is 13.2 Å². The summed E-state index contributed by atoms with van der Waals surface area (Å²) in [5.41, 5.74) is 1.80. The van der Waals surface area contributed by atoms with Crippen molar-refractivity contribution in [2.75, 3.05) is 6.26 Å². The Morgan fingerprint density at radius 1 is 1.04 bits per heavy atom. The van der Waals surface area contributed by atoms with Crippen LogP contribution in [0, 0.1) is 6.92 Å². The molecule has 0 aliphatic heterocycles. The second kappa shape index (κ2) is 6.79. The molecule has 0 N–H and O–H groups in total. The smallest absolute Gasteiger partial charge is 0.231 e. The van der Waals surface area contributed by atoms with Crippen molar-refractivity contribution in [3.8, 4) is 22.5 Å². The number of halogens is 3. The fraction of sp³-hybridized carbons (Fsp3) is 0.176. The molecule has 0 saturated carbocycles. The van der Waals surface area contributed by atoms with E-state index < -0.39 is 11.7 Å². The summed E-state index contributed by atoms with van der Waals surface area (Å²) in [6, 6.07) is 8.49. The van der Waals surface area contributed by atoms with Crippen molar-refractivity contribution >= 4 is 11.8 Å². The summed E-state index contributed by atoms with van der Waals surface area (Å²) in [5, 5.41) is 8.69. The molecule has 0 radical (unpaired) electrons. The van der Waals surface area contributed by atoms with Gasteiger partial charge in [0, 0.05) is 17.3 Å². The molecule has 4 nitrogen and oxygen atoms in total. The second-order valence-electron chi connectivity index (χ2n) is 5.26. The van der Waals surface area contributed by atoms with E-state index in [0.717, 1.165) is 12.1 Å². The van der Waals surface area contributed by atoms with Crippen molar-refractivity contribution in [2.24, 2.45) is 0 Å². The lowest BCUT2D eigenvalue weighted by atomic mass is 10.0. The molecule has 0 bridgehead atoms. The number of alkyl halides is 3. The first-order chi connectivity index (χ1) is 11.9. The van der Waals surface area contributed by atoms with Gasteiger partial charge in [0.25, 0.3) is 0 Å². The summed E-state index contributed by atoms with van der Waals surface area (Å²) in [4.78, 5) is 8.54. The molecule has 3 aromatic rings. The van der Waals surface area contributed by atoms with Gasteiger partial charge in [-0.3, -0.25) is 0 Å². The van der Waals surface area contributed by atoms with Crippen molar-refractivity contribution in [3.05, 3.63) is 53.9 Å². The summed E-state index contributed by atoms with van der Waals surface area (Å²) < 4.78 is 39.0. The predicted molar refractivity (Wildman–Crippen MR) is 90.0 cm³/mol. The zero-order valence-corrected chi connectivity index (χ0v) is 14.2. The lowest BCUT2D eigenvalue weighted by molar-refractivity contribution is -0.137. The molecular formula is C17H13F3N4S. The molecular weight excluding hydrogens is 349 g/mol. The molecule has 2 aromatic heterocycles. The van der Waals surface area contributed by atoms with E-state index in [4.69, 9.17) is 0 Å². The Morgan fingerprint density at radius 2 is 1.84 bits per heavy atom. The van der Waals surface area contributed by atoms with E-state index in [-0.39, 0.29) is 0 Å². The molecule has 3 rings (SSSR count). The first-order valence-electron chi connectivity index (χ1n) is 7.28. The highest BCUT2D eigenvalue weighted by Gasteiger charge is 2.30. The Morgan fingerprint density at radius 3 is 2.56 bits per heavy atom. The van der Waals surface area contributed by atoms with Gasteiger partial charge >= 0.3 is 6.18 Å². The van der Waals surface area contributed by atoms with Gasteiger partial charge in [0.15, 0.2) is 5.16 Å². The van der Waals surface area contributed by atoms with Crippen LogP contribution < -0.4 is 0 Å². The molecule has 0 aliphatic rings. The van der Waals surface area contributed by atoms with Gasteiger partial charge < -0.3 is 0 Å². The van der Waals surface area contributed by atoms with Crippen LogP contribution in [0.25, 0.3) is 22.5 Å². The highest BCUT2D eigenvalue weighted by molar-refractivity contribution is 7.98. The minimum Gasteiger partial charge on any atom is -0.231 e. The van der Waals surface area contributed by atoms with Crippen LogP contribution in [-0.2, 0) is 6.18 Å². The van der Waals surface area contributed by atoms with Crippen molar-refractivity contribution in [1.82, 2.24) is 20.2 Å². The van der Waals surface area contributed by atoms with Crippen LogP contribution in [0.5, 0.6) is 0 Å². The zero-order valence-electron chi connectivity index (χ0n) is 13.4. The van der Waals surface area contributed by atoms with Crippen molar-refractivity contribution in [1.29, 1.82) is 0 Å². The van der Waals surface area contributed by atoms with Gasteiger partial charge in [0.2, 0.25) is 0 Å². The monoisotopic (exact) mass is 362 g/mol. The minimum absolute atomic E-state index is 0.335. The number of benzene rings is 1. The van der Waals surface area contributed by atoms with E-state index in [1.807, 2.05) is 6.26 Å². The largest absolute Gasteiger partial charge is 0.416 e. The van der Waals surface area contributed by atoms with Gasteiger partial charge in [-0.15, -0.1) is 5.10 Å². The molecule has 0 atom stereocenters. The minimum atomic E-state index is -4.42. The number of thioether (sulfide) groups is 1. The second-order valence-corrected chi connectivity index (χ2v) is 6.03. The van der Waals surface area contributed by atoms with E-state index in [1.165, 1.54) is 17.8 Å². The Bertz CT molecular complexity index is 912. The third-order valence-corrected chi connectivity index (χ3v) is 4.03. The Labute approximate surface area is 146 Å². The summed E-state index contributed by atoms with van der Waals surface area (Å²) in [6.45, 7) is 1.77. The van der Waals surface area contributed by atoms with Gasteiger partial charge in [0.1, 0.15) is 5.69 Å². The Kier molecular flexibility index (Phi) is 4.71. The van der Waals surface area contributed by atoms with Crippen LogP contribution in [0.3, 0.4) is 0 Å². The molecule has 2 heterocycles. The molecule has 25 heavy (non-hydrogen) atoms. The Balaban J connectivity index is 2.18. The van der Waals surface area contributed by atoms with E-state index in [2.05, 4.69) is 20.2 Å². The zero-order chi connectivity index (χ0) is 18.0. The highest BCUT2D eigenvalue weighted by atomic mass is 32.2. The average molecular weight is 362 g/mol. The van der Waals surface area contributed by atoms with Gasteiger partial charge in [0.05, 0.1) is 17.0 Å². The molecule has 128 valence electrons. The van der Waals surface area contributed by atoms with Crippen molar-refractivity contribution < 1.29 is 13.2 Å². The van der Waals surface area contributed by atoms with Gasteiger partial charge in [-0.1, -0.05) is 23.9 Å². The fourth-order valence-electron chi connectivity index (χ4n) is 2.33. The van der Waals surface area contributed by atoms with Crippen molar-refractivity contribution in [3.63, 3.8) is 0 Å². The van der Waals surface area contributed by atoms with Gasteiger partial charge in [-0.25, -0.2) is 9.97 Å². The number of hydrogen-bond acceptors (Lipinski definition) is 5. The first-order valence-corrected chi connectivity index (χ1v) is 8.50. The van der Waals surface area contributed by atoms with Crippen LogP contribution in [0.4, 0.5) is 13.2 Å². The average Bonchev–Trinajstić information content (AvgIpc) is 2.61. The SMILES string of the molecule is CSc1nccc(-c2cc(C)nnc2-c2cccc(C(F)(F)F)c2)n1. The first kappa shape index (κ1) is 17.3. The van der Waals surface area contributed by atoms with E-state index in [1.54, 1.807) is 31.3 Å². The highest BCUT2D eigenvalue weighted by Crippen LogP contribution is 2.34. The summed E-state index contributed by atoms with van der Waals surface area (Å²) in [6.07, 6.45) is -0.960. The van der Waals surface area contributed by atoms with Crippen LogP contribution in [-0.4, -0.2) is 26.4 Å². The van der Waals surface area contributed by atoms with Crippen LogP contribution >= 0.6 is 11.8 Å². The summed E-state index contributed by atoms with van der Waals surface area (Å²) in [5.74, 6) is 0. The fourth-order valence-corrected chi connectivity index (χ4v) is 2.69. The molecule has 0 aliphatic carbocycles. The number of rotatable bonds is 3.